The molecule has 9 atom stereocenters. The summed E-state index contributed by atoms with van der Waals surface area (Å²) in [5.41, 5.74) is 4.24. The molecule has 2 aromatic heterocycles. The van der Waals surface area contributed by atoms with Gasteiger partial charge in [-0.25, -0.2) is 28.6 Å². The summed E-state index contributed by atoms with van der Waals surface area (Å²) in [5.74, 6) is -1.48. The number of anilines is 1. The summed E-state index contributed by atoms with van der Waals surface area (Å²) in [5, 5.41) is 36.0. The number of phosphoric ester groups is 3. The first kappa shape index (κ1) is 49.9. The summed E-state index contributed by atoms with van der Waals surface area (Å²) in [6.45, 7) is 3.96. The Hall–Kier alpha value is -2.48. The third-order valence-corrected chi connectivity index (χ3v) is 12.5. The molecule has 0 aliphatic carbocycles. The summed E-state index contributed by atoms with van der Waals surface area (Å²) in [6, 6.07) is 0. The number of nitrogens with one attached hydrogen (secondary N) is 2. The van der Waals surface area contributed by atoms with Crippen LogP contribution in [0.1, 0.15) is 59.6 Å². The third-order valence-electron chi connectivity index (χ3n) is 8.34. The zero-order valence-corrected chi connectivity index (χ0v) is 35.3. The predicted octanol–water partition coefficient (Wildman–Crippen LogP) is -0.148. The van der Waals surface area contributed by atoms with E-state index in [-0.39, 0.29) is 47.5 Å². The molecule has 9 unspecified atom stereocenters. The lowest BCUT2D eigenvalue weighted by molar-refractivity contribution is -0.137. The van der Waals surface area contributed by atoms with E-state index in [1.807, 2.05) is 6.92 Å². The minimum Gasteiger partial charge on any atom is -0.393 e. The van der Waals surface area contributed by atoms with Crippen LogP contribution in [0, 0.1) is 11.3 Å². The number of nitrogens with two attached hydrogens (primary N) is 1. The Morgan fingerprint density at radius 3 is 2.36 bits per heavy atom. The number of thioether (sulfide) groups is 1. The maximum atomic E-state index is 12.7. The van der Waals surface area contributed by atoms with Gasteiger partial charge in [0, 0.05) is 36.6 Å². The molecule has 11 N–H and O–H groups in total. The van der Waals surface area contributed by atoms with Gasteiger partial charge in [-0.05, 0) is 19.8 Å². The Bertz CT molecular complexity index is 1870. The van der Waals surface area contributed by atoms with Crippen LogP contribution >= 0.6 is 35.2 Å². The number of nitrogen functional groups attached to an aromatic ring is 1. The minimum atomic E-state index is -5.58. The van der Waals surface area contributed by atoms with Crippen LogP contribution in [-0.2, 0) is 50.7 Å². The first-order valence-electron chi connectivity index (χ1n) is 17.6. The summed E-state index contributed by atoms with van der Waals surface area (Å²) in [6.07, 6.45) is -5.82. The Kier molecular flexibility index (Phi) is 18.4. The molecule has 0 aromatic carbocycles. The molecule has 29 heteroatoms. The van der Waals surface area contributed by atoms with Crippen molar-refractivity contribution in [2.45, 2.75) is 90.1 Å². The lowest BCUT2D eigenvalue weighted by Crippen LogP contribution is -2.46. The van der Waals surface area contributed by atoms with Gasteiger partial charge in [0.05, 0.1) is 25.6 Å². The maximum absolute atomic E-state index is 12.7. The van der Waals surface area contributed by atoms with Crippen LogP contribution in [-0.4, -0.2) is 134 Å². The second-order valence-corrected chi connectivity index (χ2v) is 19.1. The molecule has 2 amide bonds. The van der Waals surface area contributed by atoms with Gasteiger partial charge < -0.3 is 56.0 Å². The smallest absolute Gasteiger partial charge is 0.393 e. The number of amides is 2. The second kappa shape index (κ2) is 21.4. The molecular weight excluding hydrogens is 859 g/mol. The summed E-state index contributed by atoms with van der Waals surface area (Å²) < 4.78 is 62.2. The van der Waals surface area contributed by atoms with Crippen molar-refractivity contribution in [2.75, 3.05) is 37.8 Å². The van der Waals surface area contributed by atoms with Gasteiger partial charge in [-0.15, -0.1) is 0 Å². The van der Waals surface area contributed by atoms with Crippen LogP contribution in [0.25, 0.3) is 11.2 Å². The highest BCUT2D eigenvalue weighted by Gasteiger charge is 2.50. The predicted molar refractivity (Wildman–Crippen MR) is 202 cm³/mol. The van der Waals surface area contributed by atoms with Crippen LogP contribution < -0.4 is 16.4 Å². The van der Waals surface area contributed by atoms with Gasteiger partial charge in [0.25, 0.3) is 0 Å². The molecule has 25 nitrogen and oxygen atoms in total. The van der Waals surface area contributed by atoms with Crippen LogP contribution in [0.3, 0.4) is 0 Å². The van der Waals surface area contributed by atoms with E-state index in [1.165, 1.54) is 13.8 Å². The van der Waals surface area contributed by atoms with E-state index >= 15 is 0 Å². The number of aromatic nitrogens is 4. The van der Waals surface area contributed by atoms with E-state index in [1.54, 1.807) is 6.92 Å². The number of phosphoric acid groups is 3. The largest absolute Gasteiger partial charge is 0.481 e. The number of hydrogen-bond donors (Lipinski definition) is 10. The van der Waals surface area contributed by atoms with Gasteiger partial charge in [-0.3, -0.25) is 32.5 Å². The highest BCUT2D eigenvalue weighted by atomic mass is 32.2. The number of imidazole rings is 1. The van der Waals surface area contributed by atoms with Crippen molar-refractivity contribution in [3.8, 4) is 0 Å². The van der Waals surface area contributed by atoms with Crippen molar-refractivity contribution < 1.29 is 85.6 Å². The topological polar surface area (TPSA) is 384 Å². The molecule has 1 fully saturated rings. The summed E-state index contributed by atoms with van der Waals surface area (Å²) >= 11 is 1.05. The number of carbonyl (C=O) groups excluding carboxylic acids is 3. The first-order chi connectivity index (χ1) is 26.9. The molecule has 3 rings (SSSR count). The van der Waals surface area contributed by atoms with Gasteiger partial charge in [0.15, 0.2) is 22.8 Å². The van der Waals surface area contributed by atoms with Crippen molar-refractivity contribution in [1.29, 1.82) is 0 Å². The van der Waals surface area contributed by atoms with Crippen molar-refractivity contribution >= 4 is 69.1 Å². The number of nitrogens with zero attached hydrogens (tertiary/aromatic N) is 4. The Labute approximate surface area is 336 Å². The van der Waals surface area contributed by atoms with Crippen molar-refractivity contribution in [3.63, 3.8) is 0 Å². The average molecular weight is 910 g/mol. The quantitative estimate of drug-likeness (QED) is 0.0483. The van der Waals surface area contributed by atoms with Crippen molar-refractivity contribution in [2.24, 2.45) is 11.3 Å². The molecule has 0 spiro atoms. The van der Waals surface area contributed by atoms with E-state index in [4.69, 9.17) is 19.5 Å². The normalized spacial score (nSPS) is 22.5. The fourth-order valence-electron chi connectivity index (χ4n) is 5.49. The molecule has 1 saturated heterocycles. The number of carbonyl (C=O) groups is 3. The van der Waals surface area contributed by atoms with E-state index in [0.29, 0.717) is 18.6 Å². The average Bonchev–Trinajstić information content (AvgIpc) is 3.67. The number of hydrogen-bond acceptors (Lipinski definition) is 19. The number of fused-ring (bicyclic) bond motifs is 1. The zero-order valence-electron chi connectivity index (χ0n) is 31.8. The Morgan fingerprint density at radius 2 is 1.72 bits per heavy atom. The zero-order chi connectivity index (χ0) is 43.6. The van der Waals surface area contributed by atoms with Crippen molar-refractivity contribution in [1.82, 2.24) is 30.2 Å². The molecule has 1 aliphatic heterocycles. The van der Waals surface area contributed by atoms with Gasteiger partial charge in [0.1, 0.15) is 36.3 Å². The standard InChI is InChI=1S/C29H50N7O18P3S/c1-5-6-17(11-16(2)37)28(42)58-10-9-31-19(38)7-8-32-26(41)23(40)29(3,4)13-51-57(48,49)54-56(46,47)50-12-18-22(53-55(43,44)45)21(39)27(52-18)36-15-35-20-24(30)33-14-34-25(20)36/h14-18,21-23,27,37,39-40H,5-13H2,1-4H3,(H,31,38)(H,32,41)(H,46,47)(H,48,49)(H2,30,33,34)(H2,43,44,45). The highest BCUT2D eigenvalue weighted by molar-refractivity contribution is 8.13. The fraction of sp³-hybridized carbons (Fsp3) is 0.724. The van der Waals surface area contributed by atoms with Gasteiger partial charge in [0.2, 0.25) is 11.8 Å². The van der Waals surface area contributed by atoms with Crippen LogP contribution in [0.15, 0.2) is 12.7 Å². The van der Waals surface area contributed by atoms with Crippen LogP contribution in [0.4, 0.5) is 5.82 Å². The molecule has 3 heterocycles. The molecule has 330 valence electrons. The fourth-order valence-corrected chi connectivity index (χ4v) is 9.18. The Balaban J connectivity index is 1.47. The molecular formula is C29H50N7O18P3S. The van der Waals surface area contributed by atoms with Crippen LogP contribution in [0.2, 0.25) is 0 Å². The second-order valence-electron chi connectivity index (χ2n) is 13.8. The third kappa shape index (κ3) is 15.2. The lowest BCUT2D eigenvalue weighted by atomic mass is 9.87. The minimum absolute atomic E-state index is 0.0269. The molecule has 58 heavy (non-hydrogen) atoms. The number of rotatable bonds is 24. The van der Waals surface area contributed by atoms with E-state index in [2.05, 4.69) is 34.4 Å². The van der Waals surface area contributed by atoms with Crippen LogP contribution in [0.5, 0.6) is 0 Å². The molecule has 0 saturated carbocycles. The summed E-state index contributed by atoms with van der Waals surface area (Å²) in [7, 11) is -16.4. The Morgan fingerprint density at radius 1 is 1.05 bits per heavy atom. The lowest BCUT2D eigenvalue weighted by Gasteiger charge is -2.30. The molecule has 0 radical (unpaired) electrons. The maximum Gasteiger partial charge on any atom is 0.481 e. The van der Waals surface area contributed by atoms with Gasteiger partial charge >= 0.3 is 23.5 Å². The molecule has 1 aliphatic rings. The SMILES string of the molecule is CCCC(CC(C)O)C(=O)SCCNC(=O)CCNC(=O)C(O)C(C)(C)COP(=O)(O)OP(=O)(O)OCC1OC(n2cnc3c(N)ncnc32)C(O)C1OP(=O)(O)O. The van der Waals surface area contributed by atoms with E-state index in [0.717, 1.165) is 35.4 Å². The van der Waals surface area contributed by atoms with Gasteiger partial charge in [-0.1, -0.05) is 39.0 Å². The monoisotopic (exact) mass is 909 g/mol. The number of aliphatic hydroxyl groups is 3. The number of aliphatic hydroxyl groups excluding tert-OH is 3. The summed E-state index contributed by atoms with van der Waals surface area (Å²) in [4.78, 5) is 88.2. The van der Waals surface area contributed by atoms with Gasteiger partial charge in [-0.2, -0.15) is 4.31 Å². The van der Waals surface area contributed by atoms with Crippen molar-refractivity contribution in [3.05, 3.63) is 12.7 Å². The van der Waals surface area contributed by atoms with E-state index < -0.39 is 90.7 Å². The molecule has 0 bridgehead atoms. The number of ether oxygens (including phenoxy) is 1. The first-order valence-corrected chi connectivity index (χ1v) is 23.1. The van der Waals surface area contributed by atoms with E-state index in [9.17, 15) is 63.0 Å². The highest BCUT2D eigenvalue weighted by Crippen LogP contribution is 2.61. The molecule has 2 aromatic rings.